The molecule has 3 nitrogen and oxygen atoms in total. The highest BCUT2D eigenvalue weighted by molar-refractivity contribution is 4.78. The molecule has 0 aliphatic rings. The molecule has 11 heavy (non-hydrogen) atoms. The van der Waals surface area contributed by atoms with Gasteiger partial charge in [0.15, 0.2) is 0 Å². The van der Waals surface area contributed by atoms with Crippen LogP contribution in [-0.4, -0.2) is 22.9 Å². The summed E-state index contributed by atoms with van der Waals surface area (Å²) in [6.07, 6.45) is 5.59. The van der Waals surface area contributed by atoms with Crippen LogP contribution in [0.4, 0.5) is 0 Å². The van der Waals surface area contributed by atoms with Crippen LogP contribution in [0.5, 0.6) is 0 Å². The molecule has 0 spiro atoms. The SMILES string of the molecule is C=CCNCCn1cccn1. The van der Waals surface area contributed by atoms with Gasteiger partial charge in [-0.1, -0.05) is 6.08 Å². The maximum atomic E-state index is 4.06. The van der Waals surface area contributed by atoms with Gasteiger partial charge >= 0.3 is 0 Å². The molecular weight excluding hydrogens is 138 g/mol. The van der Waals surface area contributed by atoms with Crippen molar-refractivity contribution in [2.45, 2.75) is 6.54 Å². The fourth-order valence-corrected chi connectivity index (χ4v) is 0.830. The highest BCUT2D eigenvalue weighted by Gasteiger charge is 1.87. The lowest BCUT2D eigenvalue weighted by Crippen LogP contribution is -2.19. The van der Waals surface area contributed by atoms with E-state index in [1.54, 1.807) is 6.20 Å². The molecule has 0 saturated heterocycles. The Bertz CT molecular complexity index is 191. The first-order valence-corrected chi connectivity index (χ1v) is 3.72. The van der Waals surface area contributed by atoms with Crippen molar-refractivity contribution >= 4 is 0 Å². The van der Waals surface area contributed by atoms with Crippen LogP contribution in [0.25, 0.3) is 0 Å². The Morgan fingerprint density at radius 2 is 2.55 bits per heavy atom. The molecular formula is C8H13N3. The Labute approximate surface area is 66.7 Å². The van der Waals surface area contributed by atoms with E-state index >= 15 is 0 Å². The van der Waals surface area contributed by atoms with Gasteiger partial charge in [0.2, 0.25) is 0 Å². The van der Waals surface area contributed by atoms with Crippen molar-refractivity contribution in [3.63, 3.8) is 0 Å². The number of nitrogens with zero attached hydrogens (tertiary/aromatic N) is 2. The molecule has 0 fully saturated rings. The minimum atomic E-state index is 0.862. The van der Waals surface area contributed by atoms with Gasteiger partial charge in [-0.15, -0.1) is 6.58 Å². The summed E-state index contributed by atoms with van der Waals surface area (Å²) in [5.41, 5.74) is 0. The van der Waals surface area contributed by atoms with Gasteiger partial charge in [-0.2, -0.15) is 5.10 Å². The molecule has 0 radical (unpaired) electrons. The minimum Gasteiger partial charge on any atom is -0.311 e. The third-order valence-electron chi connectivity index (χ3n) is 1.37. The molecule has 0 atom stereocenters. The molecule has 1 heterocycles. The first kappa shape index (κ1) is 8.01. The third-order valence-corrected chi connectivity index (χ3v) is 1.37. The van der Waals surface area contributed by atoms with E-state index in [9.17, 15) is 0 Å². The maximum absolute atomic E-state index is 4.06. The fraction of sp³-hybridized carbons (Fsp3) is 0.375. The molecule has 1 aromatic heterocycles. The van der Waals surface area contributed by atoms with Gasteiger partial charge in [-0.3, -0.25) is 4.68 Å². The van der Waals surface area contributed by atoms with Gasteiger partial charge in [-0.05, 0) is 6.07 Å². The van der Waals surface area contributed by atoms with E-state index in [4.69, 9.17) is 0 Å². The molecule has 0 amide bonds. The van der Waals surface area contributed by atoms with Gasteiger partial charge in [0.1, 0.15) is 0 Å². The molecule has 0 unspecified atom stereocenters. The summed E-state index contributed by atoms with van der Waals surface area (Å²) >= 11 is 0. The van der Waals surface area contributed by atoms with E-state index in [1.807, 2.05) is 23.0 Å². The van der Waals surface area contributed by atoms with E-state index in [0.717, 1.165) is 19.6 Å². The largest absolute Gasteiger partial charge is 0.311 e. The molecule has 3 heteroatoms. The van der Waals surface area contributed by atoms with Crippen LogP contribution in [-0.2, 0) is 6.54 Å². The highest BCUT2D eigenvalue weighted by atomic mass is 15.3. The maximum Gasteiger partial charge on any atom is 0.0534 e. The zero-order chi connectivity index (χ0) is 7.94. The van der Waals surface area contributed by atoms with Crippen LogP contribution >= 0.6 is 0 Å². The second-order valence-electron chi connectivity index (χ2n) is 2.26. The predicted molar refractivity (Wildman–Crippen MR) is 45.3 cm³/mol. The first-order chi connectivity index (χ1) is 5.43. The number of rotatable bonds is 5. The molecule has 0 saturated carbocycles. The van der Waals surface area contributed by atoms with Crippen molar-refractivity contribution in [3.8, 4) is 0 Å². The summed E-state index contributed by atoms with van der Waals surface area (Å²) in [6, 6.07) is 1.92. The van der Waals surface area contributed by atoms with Crippen LogP contribution in [0.15, 0.2) is 31.1 Å². The van der Waals surface area contributed by atoms with Crippen molar-refractivity contribution in [2.24, 2.45) is 0 Å². The van der Waals surface area contributed by atoms with E-state index in [1.165, 1.54) is 0 Å². The minimum absolute atomic E-state index is 0.862. The molecule has 1 aromatic rings. The van der Waals surface area contributed by atoms with Crippen molar-refractivity contribution in [1.82, 2.24) is 15.1 Å². The molecule has 0 aliphatic carbocycles. The third kappa shape index (κ3) is 3.00. The summed E-state index contributed by atoms with van der Waals surface area (Å²) in [4.78, 5) is 0. The van der Waals surface area contributed by atoms with Gasteiger partial charge in [-0.25, -0.2) is 0 Å². The predicted octanol–water partition coefficient (Wildman–Crippen LogP) is 0.659. The van der Waals surface area contributed by atoms with Gasteiger partial charge < -0.3 is 5.32 Å². The normalized spacial score (nSPS) is 9.82. The molecule has 0 aliphatic heterocycles. The van der Waals surface area contributed by atoms with E-state index in [-0.39, 0.29) is 0 Å². The van der Waals surface area contributed by atoms with Crippen molar-refractivity contribution < 1.29 is 0 Å². The van der Waals surface area contributed by atoms with E-state index in [2.05, 4.69) is 17.0 Å². The Kier molecular flexibility index (Phi) is 3.41. The average molecular weight is 151 g/mol. The fourth-order valence-electron chi connectivity index (χ4n) is 0.830. The summed E-state index contributed by atoms with van der Waals surface area (Å²) in [5, 5.41) is 7.26. The molecule has 0 bridgehead atoms. The van der Waals surface area contributed by atoms with Crippen LogP contribution < -0.4 is 5.32 Å². The molecule has 1 N–H and O–H groups in total. The first-order valence-electron chi connectivity index (χ1n) is 3.72. The second kappa shape index (κ2) is 4.68. The van der Waals surface area contributed by atoms with Crippen molar-refractivity contribution in [2.75, 3.05) is 13.1 Å². The highest BCUT2D eigenvalue weighted by Crippen LogP contribution is 1.81. The quantitative estimate of drug-likeness (QED) is 0.495. The second-order valence-corrected chi connectivity index (χ2v) is 2.26. The number of aromatic nitrogens is 2. The summed E-state index contributed by atoms with van der Waals surface area (Å²) in [5.74, 6) is 0. The van der Waals surface area contributed by atoms with Crippen molar-refractivity contribution in [3.05, 3.63) is 31.1 Å². The lowest BCUT2D eigenvalue weighted by molar-refractivity contribution is 0.573. The number of hydrogen-bond donors (Lipinski definition) is 1. The lowest BCUT2D eigenvalue weighted by atomic mass is 10.5. The summed E-state index contributed by atoms with van der Waals surface area (Å²) in [6.45, 7) is 6.33. The summed E-state index contributed by atoms with van der Waals surface area (Å²) in [7, 11) is 0. The zero-order valence-corrected chi connectivity index (χ0v) is 6.53. The monoisotopic (exact) mass is 151 g/mol. The average Bonchev–Trinajstić information content (AvgIpc) is 2.50. The van der Waals surface area contributed by atoms with E-state index in [0.29, 0.717) is 0 Å². The van der Waals surface area contributed by atoms with Crippen molar-refractivity contribution in [1.29, 1.82) is 0 Å². The Morgan fingerprint density at radius 3 is 3.18 bits per heavy atom. The van der Waals surface area contributed by atoms with Crippen LogP contribution in [0, 0.1) is 0 Å². The summed E-state index contributed by atoms with van der Waals surface area (Å²) < 4.78 is 1.90. The lowest BCUT2D eigenvalue weighted by Gasteiger charge is -2.00. The van der Waals surface area contributed by atoms with Crippen LogP contribution in [0.3, 0.4) is 0 Å². The number of nitrogens with one attached hydrogen (secondary N) is 1. The van der Waals surface area contributed by atoms with Gasteiger partial charge in [0, 0.05) is 25.5 Å². The Balaban J connectivity index is 2.09. The molecule has 1 rings (SSSR count). The van der Waals surface area contributed by atoms with Gasteiger partial charge in [0.25, 0.3) is 0 Å². The van der Waals surface area contributed by atoms with Crippen LogP contribution in [0.2, 0.25) is 0 Å². The smallest absolute Gasteiger partial charge is 0.0534 e. The van der Waals surface area contributed by atoms with E-state index < -0.39 is 0 Å². The molecule has 0 aromatic carbocycles. The molecule has 60 valence electrons. The Morgan fingerprint density at radius 1 is 1.64 bits per heavy atom. The zero-order valence-electron chi connectivity index (χ0n) is 6.53. The Hall–Kier alpha value is -1.09. The standard InChI is InChI=1S/C8H13N3/c1-2-4-9-6-8-11-7-3-5-10-11/h2-3,5,7,9H,1,4,6,8H2. The van der Waals surface area contributed by atoms with Gasteiger partial charge in [0.05, 0.1) is 6.54 Å². The van der Waals surface area contributed by atoms with Crippen LogP contribution in [0.1, 0.15) is 0 Å². The number of hydrogen-bond acceptors (Lipinski definition) is 2. The topological polar surface area (TPSA) is 29.9 Å².